The molecule has 4 nitrogen and oxygen atoms in total. The van der Waals surface area contributed by atoms with Crippen molar-refractivity contribution in [2.24, 2.45) is 0 Å². The molecule has 0 unspecified atom stereocenters. The first kappa shape index (κ1) is 15.2. The molecule has 0 radical (unpaired) electrons. The maximum Gasteiger partial charge on any atom is 0.302 e. The number of hydrogen-bond donors (Lipinski definition) is 1. The Balaban J connectivity index is 0. The molecule has 0 aromatic rings. The summed E-state index contributed by atoms with van der Waals surface area (Å²) in [7, 11) is 0. The smallest absolute Gasteiger partial charge is 0.302 e. The van der Waals surface area contributed by atoms with Crippen LogP contribution in [0.4, 0.5) is 0 Å². The molecule has 0 amide bonds. The summed E-state index contributed by atoms with van der Waals surface area (Å²) in [6.07, 6.45) is 5.94. The maximum absolute atomic E-state index is 10.2. The van der Waals surface area contributed by atoms with E-state index in [0.29, 0.717) is 6.61 Å². The number of allylic oxidation sites excluding steroid dienone is 1. The van der Waals surface area contributed by atoms with E-state index in [4.69, 9.17) is 14.6 Å². The van der Waals surface area contributed by atoms with Crippen LogP contribution in [0.3, 0.4) is 0 Å². The lowest BCUT2D eigenvalue weighted by Gasteiger charge is -1.95. The van der Waals surface area contributed by atoms with Crippen molar-refractivity contribution in [3.8, 4) is 0 Å². The highest BCUT2D eigenvalue weighted by atomic mass is 16.5. The van der Waals surface area contributed by atoms with Gasteiger partial charge in [0.2, 0.25) is 0 Å². The fraction of sp³-hybridized carbons (Fsp3) is 0.600. The van der Waals surface area contributed by atoms with E-state index >= 15 is 0 Å². The Morgan fingerprint density at radius 1 is 1.29 bits per heavy atom. The SMILES string of the molecule is CC(=O)O.CCC=CCCOC(C)=O. The Morgan fingerprint density at radius 2 is 1.79 bits per heavy atom. The highest BCUT2D eigenvalue weighted by Gasteiger charge is 1.87. The summed E-state index contributed by atoms with van der Waals surface area (Å²) in [4.78, 5) is 19.2. The Bertz CT molecular complexity index is 181. The summed E-state index contributed by atoms with van der Waals surface area (Å²) < 4.78 is 4.70. The summed E-state index contributed by atoms with van der Waals surface area (Å²) >= 11 is 0. The first-order valence-corrected chi connectivity index (χ1v) is 4.48. The number of carboxylic acids is 1. The summed E-state index contributed by atoms with van der Waals surface area (Å²) in [6.45, 7) is 5.08. The zero-order valence-electron chi connectivity index (χ0n) is 8.95. The largest absolute Gasteiger partial charge is 0.481 e. The Labute approximate surface area is 84.6 Å². The van der Waals surface area contributed by atoms with Crippen LogP contribution in [0.5, 0.6) is 0 Å². The number of esters is 1. The van der Waals surface area contributed by atoms with Gasteiger partial charge in [-0.25, -0.2) is 0 Å². The standard InChI is InChI=1S/C8H14O2.C2H4O2/c1-3-4-5-6-7-10-8(2)9;1-2(3)4/h4-5H,3,6-7H2,1-2H3;1H3,(H,3,4). The molecular formula is C10H18O4. The number of carboxylic acid groups (broad SMARTS) is 1. The molecule has 0 aliphatic carbocycles. The van der Waals surface area contributed by atoms with Gasteiger partial charge in [-0.1, -0.05) is 19.1 Å². The van der Waals surface area contributed by atoms with E-state index in [-0.39, 0.29) is 5.97 Å². The number of aliphatic carboxylic acids is 1. The van der Waals surface area contributed by atoms with E-state index in [1.807, 2.05) is 6.08 Å². The average molecular weight is 202 g/mol. The lowest BCUT2D eigenvalue weighted by Crippen LogP contribution is -1.98. The molecule has 0 saturated heterocycles. The molecule has 1 N–H and O–H groups in total. The molecule has 0 spiro atoms. The van der Waals surface area contributed by atoms with Crippen LogP contribution in [0.2, 0.25) is 0 Å². The van der Waals surface area contributed by atoms with Crippen molar-refractivity contribution >= 4 is 11.9 Å². The third kappa shape index (κ3) is 31.0. The van der Waals surface area contributed by atoms with Gasteiger partial charge in [0.25, 0.3) is 5.97 Å². The molecule has 0 atom stereocenters. The van der Waals surface area contributed by atoms with Gasteiger partial charge in [-0.05, 0) is 12.8 Å². The van der Waals surface area contributed by atoms with Crippen LogP contribution in [-0.2, 0) is 14.3 Å². The lowest BCUT2D eigenvalue weighted by atomic mass is 10.3. The second kappa shape index (κ2) is 11.7. The first-order chi connectivity index (χ1) is 6.50. The molecule has 4 heteroatoms. The van der Waals surface area contributed by atoms with Crippen LogP contribution in [0.1, 0.15) is 33.6 Å². The quantitative estimate of drug-likeness (QED) is 0.430. The van der Waals surface area contributed by atoms with Crippen molar-refractivity contribution in [1.82, 2.24) is 0 Å². The van der Waals surface area contributed by atoms with Gasteiger partial charge in [0.05, 0.1) is 6.61 Å². The van der Waals surface area contributed by atoms with Crippen LogP contribution in [-0.4, -0.2) is 23.7 Å². The van der Waals surface area contributed by atoms with Crippen molar-refractivity contribution in [3.05, 3.63) is 12.2 Å². The minimum absolute atomic E-state index is 0.204. The predicted molar refractivity (Wildman–Crippen MR) is 54.0 cm³/mol. The molecular weight excluding hydrogens is 184 g/mol. The van der Waals surface area contributed by atoms with Gasteiger partial charge < -0.3 is 9.84 Å². The van der Waals surface area contributed by atoms with Crippen molar-refractivity contribution in [2.75, 3.05) is 6.61 Å². The molecule has 0 rings (SSSR count). The number of rotatable bonds is 4. The summed E-state index contributed by atoms with van der Waals surface area (Å²) in [5, 5.41) is 7.42. The molecule has 0 aliphatic rings. The zero-order chi connectivity index (χ0) is 11.4. The molecule has 0 fully saturated rings. The summed E-state index contributed by atoms with van der Waals surface area (Å²) in [6, 6.07) is 0. The Morgan fingerprint density at radius 3 is 2.14 bits per heavy atom. The fourth-order valence-corrected chi connectivity index (χ4v) is 0.555. The lowest BCUT2D eigenvalue weighted by molar-refractivity contribution is -0.140. The molecule has 82 valence electrons. The van der Waals surface area contributed by atoms with E-state index in [9.17, 15) is 4.79 Å². The number of hydrogen-bond acceptors (Lipinski definition) is 3. The van der Waals surface area contributed by atoms with Crippen molar-refractivity contribution < 1.29 is 19.4 Å². The van der Waals surface area contributed by atoms with Gasteiger partial charge >= 0.3 is 5.97 Å². The molecule has 0 aromatic heterocycles. The molecule has 0 aliphatic heterocycles. The second-order valence-corrected chi connectivity index (χ2v) is 2.53. The van der Waals surface area contributed by atoms with Crippen molar-refractivity contribution in [1.29, 1.82) is 0 Å². The highest BCUT2D eigenvalue weighted by Crippen LogP contribution is 1.87. The third-order valence-electron chi connectivity index (χ3n) is 0.992. The van der Waals surface area contributed by atoms with Crippen molar-refractivity contribution in [2.45, 2.75) is 33.6 Å². The van der Waals surface area contributed by atoms with Gasteiger partial charge in [-0.2, -0.15) is 0 Å². The van der Waals surface area contributed by atoms with Crippen molar-refractivity contribution in [3.63, 3.8) is 0 Å². The first-order valence-electron chi connectivity index (χ1n) is 4.48. The zero-order valence-corrected chi connectivity index (χ0v) is 8.95. The van der Waals surface area contributed by atoms with Crippen LogP contribution in [0.25, 0.3) is 0 Å². The predicted octanol–water partition coefficient (Wildman–Crippen LogP) is 2.00. The minimum atomic E-state index is -0.833. The third-order valence-corrected chi connectivity index (χ3v) is 0.992. The Kier molecular flexibility index (Phi) is 12.7. The average Bonchev–Trinajstić information content (AvgIpc) is 2.02. The number of carbonyl (C=O) groups excluding carboxylic acids is 1. The molecule has 14 heavy (non-hydrogen) atoms. The second-order valence-electron chi connectivity index (χ2n) is 2.53. The van der Waals surface area contributed by atoms with Gasteiger partial charge in [-0.3, -0.25) is 9.59 Å². The molecule has 0 saturated carbocycles. The van der Waals surface area contributed by atoms with Gasteiger partial charge in [0.15, 0.2) is 0 Å². The minimum Gasteiger partial charge on any atom is -0.481 e. The van der Waals surface area contributed by atoms with E-state index in [2.05, 4.69) is 13.0 Å². The monoisotopic (exact) mass is 202 g/mol. The van der Waals surface area contributed by atoms with E-state index in [1.165, 1.54) is 6.92 Å². The van der Waals surface area contributed by atoms with Crippen LogP contribution < -0.4 is 0 Å². The Hall–Kier alpha value is -1.32. The molecule has 0 aromatic carbocycles. The summed E-state index contributed by atoms with van der Waals surface area (Å²) in [5.41, 5.74) is 0. The van der Waals surface area contributed by atoms with Gasteiger partial charge in [0.1, 0.15) is 0 Å². The van der Waals surface area contributed by atoms with Crippen LogP contribution in [0.15, 0.2) is 12.2 Å². The fourth-order valence-electron chi connectivity index (χ4n) is 0.555. The van der Waals surface area contributed by atoms with Gasteiger partial charge in [-0.15, -0.1) is 0 Å². The molecule has 0 bridgehead atoms. The summed E-state index contributed by atoms with van der Waals surface area (Å²) in [5.74, 6) is -1.04. The van der Waals surface area contributed by atoms with E-state index in [0.717, 1.165) is 19.8 Å². The van der Waals surface area contributed by atoms with Gasteiger partial charge in [0, 0.05) is 13.8 Å². The number of carbonyl (C=O) groups is 2. The van der Waals surface area contributed by atoms with Crippen LogP contribution in [0, 0.1) is 0 Å². The normalized spacial score (nSPS) is 9.07. The topological polar surface area (TPSA) is 63.6 Å². The highest BCUT2D eigenvalue weighted by molar-refractivity contribution is 5.65. The molecule has 0 heterocycles. The van der Waals surface area contributed by atoms with Crippen LogP contribution >= 0.6 is 0 Å². The van der Waals surface area contributed by atoms with E-state index < -0.39 is 5.97 Å². The maximum atomic E-state index is 10.2. The van der Waals surface area contributed by atoms with E-state index in [1.54, 1.807) is 0 Å². The number of ether oxygens (including phenoxy) is 1.